The molecule has 10 nitrogen and oxygen atoms in total. The van der Waals surface area contributed by atoms with Gasteiger partial charge in [0.05, 0.1) is 13.2 Å². The van der Waals surface area contributed by atoms with Crippen molar-refractivity contribution in [1.82, 2.24) is 20.4 Å². The van der Waals surface area contributed by atoms with Gasteiger partial charge < -0.3 is 20.1 Å². The molecule has 2 aromatic carbocycles. The summed E-state index contributed by atoms with van der Waals surface area (Å²) in [5, 5.41) is 5.75. The smallest absolute Gasteiger partial charge is 0.325 e. The minimum Gasteiger partial charge on any atom is -0.494 e. The number of benzene rings is 2. The number of nitrogens with one attached hydrogen (secondary N) is 2. The number of urea groups is 2. The van der Waals surface area contributed by atoms with E-state index in [2.05, 4.69) is 38.3 Å². The van der Waals surface area contributed by atoms with Crippen molar-refractivity contribution in [3.05, 3.63) is 59.7 Å². The van der Waals surface area contributed by atoms with Crippen LogP contribution in [-0.2, 0) is 20.7 Å². The molecule has 6 amide bonds. The molecular weight excluding hydrogens is 632 g/mol. The number of amides is 6. The Hall–Kier alpha value is -4.08. The van der Waals surface area contributed by atoms with E-state index in [9.17, 15) is 19.2 Å². The molecule has 274 valence electrons. The second-order valence-electron chi connectivity index (χ2n) is 15.0. The molecule has 2 N–H and O–H groups in total. The maximum absolute atomic E-state index is 13.4. The number of unbranched alkanes of at least 4 members (excludes halogenated alkanes) is 5. The van der Waals surface area contributed by atoms with Gasteiger partial charge in [-0.15, -0.1) is 0 Å². The first-order valence-corrected chi connectivity index (χ1v) is 18.6. The zero-order valence-electron chi connectivity index (χ0n) is 31.0. The highest BCUT2D eigenvalue weighted by Gasteiger charge is 2.49. The van der Waals surface area contributed by atoms with E-state index in [0.29, 0.717) is 62.1 Å². The maximum atomic E-state index is 13.4. The molecule has 2 atom stereocenters. The highest BCUT2D eigenvalue weighted by molar-refractivity contribution is 6.08. The monoisotopic (exact) mass is 690 g/mol. The number of imide groups is 2. The molecule has 2 aromatic rings. The van der Waals surface area contributed by atoms with Crippen LogP contribution in [0.4, 0.5) is 9.59 Å². The van der Waals surface area contributed by atoms with Crippen LogP contribution in [0.2, 0.25) is 0 Å². The van der Waals surface area contributed by atoms with Gasteiger partial charge in [-0.05, 0) is 99.6 Å². The summed E-state index contributed by atoms with van der Waals surface area (Å²) in [6.07, 6.45) is 9.37. The Bertz CT molecular complexity index is 1330. The summed E-state index contributed by atoms with van der Waals surface area (Å²) in [7, 11) is 0. The lowest BCUT2D eigenvalue weighted by Crippen LogP contribution is -2.41. The lowest BCUT2D eigenvalue weighted by molar-refractivity contribution is -0.132. The minimum absolute atomic E-state index is 0.273. The van der Waals surface area contributed by atoms with Gasteiger partial charge in [0, 0.05) is 13.1 Å². The Balaban J connectivity index is 1.17. The molecule has 50 heavy (non-hydrogen) atoms. The van der Waals surface area contributed by atoms with E-state index in [-0.39, 0.29) is 11.8 Å². The summed E-state index contributed by atoms with van der Waals surface area (Å²) in [5.41, 5.74) is -0.849. The SMILES string of the molecule is CC(C)CCCCOc1ccc(C2(C)NC(=O)N(CCCCCCN3C(=O)NC(C)(c4ccc(OCCCCC(C)C)cc4)C3=O)C2=O)cc1. The van der Waals surface area contributed by atoms with Gasteiger partial charge in [-0.25, -0.2) is 9.59 Å². The second kappa shape index (κ2) is 17.7. The number of ether oxygens (including phenoxy) is 2. The molecule has 2 aliphatic heterocycles. The molecule has 2 saturated heterocycles. The van der Waals surface area contributed by atoms with Gasteiger partial charge in [0.1, 0.15) is 22.6 Å². The Morgan fingerprint density at radius 3 is 1.24 bits per heavy atom. The molecule has 2 unspecified atom stereocenters. The van der Waals surface area contributed by atoms with Crippen LogP contribution < -0.4 is 20.1 Å². The van der Waals surface area contributed by atoms with Crippen LogP contribution in [0.5, 0.6) is 11.5 Å². The van der Waals surface area contributed by atoms with Crippen LogP contribution in [-0.4, -0.2) is 60.0 Å². The van der Waals surface area contributed by atoms with E-state index in [4.69, 9.17) is 9.47 Å². The predicted octanol–water partition coefficient (Wildman–Crippen LogP) is 7.89. The molecule has 0 aliphatic carbocycles. The van der Waals surface area contributed by atoms with Crippen molar-refractivity contribution in [2.75, 3.05) is 26.3 Å². The van der Waals surface area contributed by atoms with E-state index in [1.807, 2.05) is 48.5 Å². The van der Waals surface area contributed by atoms with Gasteiger partial charge in [-0.3, -0.25) is 19.4 Å². The van der Waals surface area contributed by atoms with Gasteiger partial charge in [0.15, 0.2) is 0 Å². The zero-order chi connectivity index (χ0) is 36.3. The quantitative estimate of drug-likeness (QED) is 0.102. The molecule has 0 radical (unpaired) electrons. The summed E-state index contributed by atoms with van der Waals surface area (Å²) in [6, 6.07) is 14.0. The summed E-state index contributed by atoms with van der Waals surface area (Å²) in [6.45, 7) is 14.2. The van der Waals surface area contributed by atoms with Crippen LogP contribution in [0.25, 0.3) is 0 Å². The van der Waals surface area contributed by atoms with E-state index >= 15 is 0 Å². The van der Waals surface area contributed by atoms with Gasteiger partial charge in [0.25, 0.3) is 11.8 Å². The normalized spacial score (nSPS) is 20.6. The average molecular weight is 691 g/mol. The summed E-state index contributed by atoms with van der Waals surface area (Å²) >= 11 is 0. The highest BCUT2D eigenvalue weighted by Crippen LogP contribution is 2.32. The van der Waals surface area contributed by atoms with Crippen molar-refractivity contribution in [2.24, 2.45) is 11.8 Å². The molecule has 0 saturated carbocycles. The Labute approximate surface area is 298 Å². The van der Waals surface area contributed by atoms with Crippen molar-refractivity contribution in [3.8, 4) is 11.5 Å². The van der Waals surface area contributed by atoms with Gasteiger partial charge in [0.2, 0.25) is 0 Å². The lowest BCUT2D eigenvalue weighted by Gasteiger charge is -2.23. The molecule has 2 heterocycles. The number of carbonyl (C=O) groups excluding carboxylic acids is 4. The lowest BCUT2D eigenvalue weighted by atomic mass is 9.92. The average Bonchev–Trinajstić information content (AvgIpc) is 3.44. The Morgan fingerprint density at radius 1 is 0.540 bits per heavy atom. The molecule has 10 heteroatoms. The third-order valence-corrected chi connectivity index (χ3v) is 9.82. The number of rotatable bonds is 21. The third kappa shape index (κ3) is 9.79. The number of carbonyl (C=O) groups is 4. The van der Waals surface area contributed by atoms with Crippen LogP contribution in [0.1, 0.15) is 117 Å². The zero-order valence-corrected chi connectivity index (χ0v) is 31.0. The molecule has 4 rings (SSSR count). The standard InChI is InChI=1S/C40H58N4O6/c1-29(2)15-9-13-27-49-33-21-17-31(18-22-33)39(5)35(45)43(37(47)41-39)25-11-7-8-12-26-44-36(46)40(6,42-38(44)48)32-19-23-34(24-20-32)50-28-14-10-16-30(3)4/h17-24,29-30H,7-16,25-28H2,1-6H3,(H,41,47)(H,42,48). The molecule has 0 spiro atoms. The van der Waals surface area contributed by atoms with Gasteiger partial charge in [-0.1, -0.05) is 77.6 Å². The van der Waals surface area contributed by atoms with Crippen molar-refractivity contribution in [3.63, 3.8) is 0 Å². The van der Waals surface area contributed by atoms with Crippen molar-refractivity contribution >= 4 is 23.9 Å². The fourth-order valence-electron chi connectivity index (χ4n) is 6.54. The first kappa shape index (κ1) is 38.7. The van der Waals surface area contributed by atoms with Crippen LogP contribution in [0.3, 0.4) is 0 Å². The van der Waals surface area contributed by atoms with Crippen LogP contribution >= 0.6 is 0 Å². The fraction of sp³-hybridized carbons (Fsp3) is 0.600. The van der Waals surface area contributed by atoms with Crippen LogP contribution in [0.15, 0.2) is 48.5 Å². The second-order valence-corrected chi connectivity index (χ2v) is 15.0. The number of nitrogens with zero attached hydrogens (tertiary/aromatic N) is 2. The highest BCUT2D eigenvalue weighted by atomic mass is 16.5. The number of hydrogen-bond donors (Lipinski definition) is 2. The van der Waals surface area contributed by atoms with Crippen molar-refractivity contribution in [2.45, 2.75) is 117 Å². The maximum Gasteiger partial charge on any atom is 0.325 e. The summed E-state index contributed by atoms with van der Waals surface area (Å²) in [5.74, 6) is 2.32. The largest absolute Gasteiger partial charge is 0.494 e. The van der Waals surface area contributed by atoms with Gasteiger partial charge >= 0.3 is 12.1 Å². The first-order valence-electron chi connectivity index (χ1n) is 18.6. The van der Waals surface area contributed by atoms with Gasteiger partial charge in [-0.2, -0.15) is 0 Å². The predicted molar refractivity (Wildman–Crippen MR) is 195 cm³/mol. The van der Waals surface area contributed by atoms with Crippen LogP contribution in [0, 0.1) is 11.8 Å². The molecule has 2 aliphatic rings. The molecule has 0 bridgehead atoms. The topological polar surface area (TPSA) is 117 Å². The summed E-state index contributed by atoms with van der Waals surface area (Å²) < 4.78 is 11.7. The molecule has 2 fully saturated rings. The van der Waals surface area contributed by atoms with E-state index in [1.165, 1.54) is 22.6 Å². The first-order chi connectivity index (χ1) is 23.8. The Kier molecular flexibility index (Phi) is 13.7. The van der Waals surface area contributed by atoms with Crippen molar-refractivity contribution < 1.29 is 28.7 Å². The van der Waals surface area contributed by atoms with E-state index in [1.54, 1.807) is 13.8 Å². The van der Waals surface area contributed by atoms with Crippen molar-refractivity contribution in [1.29, 1.82) is 0 Å². The Morgan fingerprint density at radius 2 is 0.900 bits per heavy atom. The minimum atomic E-state index is -1.14. The summed E-state index contributed by atoms with van der Waals surface area (Å²) in [4.78, 5) is 55.0. The molecule has 0 aromatic heterocycles. The molecular formula is C40H58N4O6. The van der Waals surface area contributed by atoms with E-state index < -0.39 is 23.1 Å². The van der Waals surface area contributed by atoms with E-state index in [0.717, 1.165) is 50.0 Å². The third-order valence-electron chi connectivity index (χ3n) is 9.82. The number of hydrogen-bond acceptors (Lipinski definition) is 6. The fourth-order valence-corrected chi connectivity index (χ4v) is 6.54.